The van der Waals surface area contributed by atoms with E-state index in [1.807, 2.05) is 0 Å². The van der Waals surface area contributed by atoms with Crippen molar-refractivity contribution in [2.24, 2.45) is 0 Å². The Morgan fingerprint density at radius 3 is 3.05 bits per heavy atom. The van der Waals surface area contributed by atoms with Crippen LogP contribution < -0.4 is 11.1 Å². The van der Waals surface area contributed by atoms with Gasteiger partial charge in [0.25, 0.3) is 5.91 Å². The average Bonchev–Trinajstić information content (AvgIpc) is 2.91. The predicted molar refractivity (Wildman–Crippen MR) is 67.8 cm³/mol. The van der Waals surface area contributed by atoms with Crippen LogP contribution in [0.3, 0.4) is 0 Å². The minimum absolute atomic E-state index is 0.129. The van der Waals surface area contributed by atoms with Crippen LogP contribution in [0, 0.1) is 5.82 Å². The van der Waals surface area contributed by atoms with Gasteiger partial charge in [0, 0.05) is 13.0 Å². The number of carbonyl (C=O) groups is 1. The van der Waals surface area contributed by atoms with Crippen LogP contribution in [0.15, 0.2) is 24.5 Å². The van der Waals surface area contributed by atoms with Gasteiger partial charge in [-0.25, -0.2) is 9.37 Å². The molecule has 0 bridgehead atoms. The molecule has 0 aliphatic heterocycles. The molecule has 7 heteroatoms. The van der Waals surface area contributed by atoms with E-state index in [0.29, 0.717) is 19.4 Å². The van der Waals surface area contributed by atoms with Gasteiger partial charge >= 0.3 is 0 Å². The van der Waals surface area contributed by atoms with E-state index >= 15 is 0 Å². The molecule has 100 valence electrons. The quantitative estimate of drug-likeness (QED) is 0.551. The summed E-state index contributed by atoms with van der Waals surface area (Å²) < 4.78 is 13.2. The van der Waals surface area contributed by atoms with Crippen LogP contribution in [0.1, 0.15) is 22.6 Å². The number of halogens is 1. The summed E-state index contributed by atoms with van der Waals surface area (Å²) >= 11 is 0. The molecule has 0 spiro atoms. The van der Waals surface area contributed by atoms with Gasteiger partial charge in [0.1, 0.15) is 18.0 Å². The van der Waals surface area contributed by atoms with E-state index < -0.39 is 5.82 Å². The first kappa shape index (κ1) is 13.0. The Balaban J connectivity index is 1.83. The second-order valence-electron chi connectivity index (χ2n) is 3.99. The van der Waals surface area contributed by atoms with Crippen molar-refractivity contribution < 1.29 is 9.18 Å². The zero-order chi connectivity index (χ0) is 13.7. The highest BCUT2D eigenvalue weighted by molar-refractivity contribution is 5.99. The number of amides is 1. The number of hydrogen-bond acceptors (Lipinski definition) is 4. The number of H-pyrrole nitrogens is 1. The van der Waals surface area contributed by atoms with Gasteiger partial charge in [0.05, 0.1) is 11.3 Å². The highest BCUT2D eigenvalue weighted by atomic mass is 19.1. The van der Waals surface area contributed by atoms with Crippen molar-refractivity contribution in [1.82, 2.24) is 20.5 Å². The smallest absolute Gasteiger partial charge is 0.253 e. The molecule has 6 nitrogen and oxygen atoms in total. The van der Waals surface area contributed by atoms with E-state index in [1.54, 1.807) is 0 Å². The number of nitrogens with two attached hydrogens (primary N) is 1. The van der Waals surface area contributed by atoms with Gasteiger partial charge < -0.3 is 11.1 Å². The lowest BCUT2D eigenvalue weighted by Gasteiger charge is -2.07. The summed E-state index contributed by atoms with van der Waals surface area (Å²) in [5, 5.41) is 9.14. The van der Waals surface area contributed by atoms with Crippen molar-refractivity contribution in [3.05, 3.63) is 41.7 Å². The number of nitrogens with zero attached hydrogens (tertiary/aromatic N) is 2. The third-order valence-corrected chi connectivity index (χ3v) is 2.64. The third kappa shape index (κ3) is 3.27. The van der Waals surface area contributed by atoms with E-state index in [1.165, 1.54) is 24.5 Å². The van der Waals surface area contributed by atoms with E-state index in [0.717, 1.165) is 5.82 Å². The lowest BCUT2D eigenvalue weighted by Crippen LogP contribution is -2.26. The number of para-hydroxylation sites is 1. The lowest BCUT2D eigenvalue weighted by atomic mass is 10.1. The van der Waals surface area contributed by atoms with E-state index in [-0.39, 0.29) is 17.2 Å². The molecule has 19 heavy (non-hydrogen) atoms. The Kier molecular flexibility index (Phi) is 4.07. The van der Waals surface area contributed by atoms with Gasteiger partial charge in [0.2, 0.25) is 0 Å². The summed E-state index contributed by atoms with van der Waals surface area (Å²) in [6, 6.07) is 4.16. The maximum atomic E-state index is 13.2. The summed E-state index contributed by atoms with van der Waals surface area (Å²) in [6.07, 6.45) is 2.82. The molecule has 1 heterocycles. The number of anilines is 1. The number of nitrogens with one attached hydrogen (secondary N) is 2. The Bertz CT molecular complexity index is 555. The minimum Gasteiger partial charge on any atom is -0.396 e. The van der Waals surface area contributed by atoms with Crippen LogP contribution in [-0.4, -0.2) is 27.6 Å². The first-order valence-electron chi connectivity index (χ1n) is 5.85. The van der Waals surface area contributed by atoms with Gasteiger partial charge in [-0.3, -0.25) is 9.89 Å². The van der Waals surface area contributed by atoms with Gasteiger partial charge in [-0.15, -0.1) is 0 Å². The van der Waals surface area contributed by atoms with E-state index in [2.05, 4.69) is 20.5 Å². The Morgan fingerprint density at radius 1 is 1.47 bits per heavy atom. The monoisotopic (exact) mass is 263 g/mol. The van der Waals surface area contributed by atoms with Crippen molar-refractivity contribution in [3.63, 3.8) is 0 Å². The third-order valence-electron chi connectivity index (χ3n) is 2.64. The first-order chi connectivity index (χ1) is 9.18. The molecule has 1 amide bonds. The lowest BCUT2D eigenvalue weighted by molar-refractivity contribution is 0.0953. The maximum Gasteiger partial charge on any atom is 0.253 e. The maximum absolute atomic E-state index is 13.2. The van der Waals surface area contributed by atoms with Crippen molar-refractivity contribution in [2.45, 2.75) is 12.8 Å². The molecule has 0 aliphatic carbocycles. The number of hydrogen-bond donors (Lipinski definition) is 3. The molecule has 0 atom stereocenters. The van der Waals surface area contributed by atoms with E-state index in [9.17, 15) is 9.18 Å². The van der Waals surface area contributed by atoms with Crippen LogP contribution >= 0.6 is 0 Å². The molecule has 1 aromatic carbocycles. The van der Waals surface area contributed by atoms with Crippen LogP contribution in [-0.2, 0) is 6.42 Å². The van der Waals surface area contributed by atoms with E-state index in [4.69, 9.17) is 5.73 Å². The number of rotatable bonds is 5. The molecule has 0 saturated heterocycles. The molecule has 0 radical (unpaired) electrons. The van der Waals surface area contributed by atoms with Gasteiger partial charge in [-0.2, -0.15) is 5.10 Å². The molecule has 2 rings (SSSR count). The highest BCUT2D eigenvalue weighted by Crippen LogP contribution is 2.15. The van der Waals surface area contributed by atoms with Gasteiger partial charge in [-0.1, -0.05) is 6.07 Å². The van der Waals surface area contributed by atoms with Crippen molar-refractivity contribution >= 4 is 11.6 Å². The van der Waals surface area contributed by atoms with Crippen molar-refractivity contribution in [3.8, 4) is 0 Å². The summed E-state index contributed by atoms with van der Waals surface area (Å²) in [7, 11) is 0. The molecule has 0 aliphatic rings. The van der Waals surface area contributed by atoms with Gasteiger partial charge in [0.15, 0.2) is 0 Å². The number of aromatic amines is 1. The minimum atomic E-state index is -0.589. The van der Waals surface area contributed by atoms with Crippen molar-refractivity contribution in [2.75, 3.05) is 12.3 Å². The number of aryl methyl sites for hydroxylation is 1. The fourth-order valence-electron chi connectivity index (χ4n) is 1.64. The molecular formula is C12H14FN5O. The molecule has 0 saturated carbocycles. The SMILES string of the molecule is Nc1c(F)cccc1C(=O)NCCCc1ncn[nH]1. The molecule has 0 unspecified atom stereocenters. The molecule has 1 aromatic heterocycles. The topological polar surface area (TPSA) is 96.7 Å². The molecule has 0 fully saturated rings. The van der Waals surface area contributed by atoms with Crippen LogP contribution in [0.25, 0.3) is 0 Å². The highest BCUT2D eigenvalue weighted by Gasteiger charge is 2.11. The number of carbonyl (C=O) groups excluding carboxylic acids is 1. The second-order valence-corrected chi connectivity index (χ2v) is 3.99. The molecular weight excluding hydrogens is 249 g/mol. The van der Waals surface area contributed by atoms with Crippen LogP contribution in [0.2, 0.25) is 0 Å². The average molecular weight is 263 g/mol. The van der Waals surface area contributed by atoms with Crippen LogP contribution in [0.4, 0.5) is 10.1 Å². The molecule has 2 aromatic rings. The second kappa shape index (κ2) is 5.94. The number of benzene rings is 1. The Hall–Kier alpha value is -2.44. The predicted octanol–water partition coefficient (Wildman–Crippen LogP) is 0.889. The largest absolute Gasteiger partial charge is 0.396 e. The van der Waals surface area contributed by atoms with Crippen molar-refractivity contribution in [1.29, 1.82) is 0 Å². The molecule has 4 N–H and O–H groups in total. The Labute approximate surface area is 109 Å². The summed E-state index contributed by atoms with van der Waals surface area (Å²) in [5.74, 6) is -0.205. The number of nitrogen functional groups attached to an aromatic ring is 1. The zero-order valence-electron chi connectivity index (χ0n) is 10.2. The summed E-state index contributed by atoms with van der Waals surface area (Å²) in [5.41, 5.74) is 5.53. The number of aromatic nitrogens is 3. The fraction of sp³-hybridized carbons (Fsp3) is 0.250. The summed E-state index contributed by atoms with van der Waals surface area (Å²) in [6.45, 7) is 0.454. The standard InChI is InChI=1S/C12H14FN5O/c13-9-4-1-3-8(11(9)14)12(19)15-6-2-5-10-16-7-17-18-10/h1,3-4,7H,2,5-6,14H2,(H,15,19)(H,16,17,18). The summed E-state index contributed by atoms with van der Waals surface area (Å²) in [4.78, 5) is 15.8. The van der Waals surface area contributed by atoms with Crippen LogP contribution in [0.5, 0.6) is 0 Å². The Morgan fingerprint density at radius 2 is 2.32 bits per heavy atom. The zero-order valence-corrected chi connectivity index (χ0v) is 10.2. The fourth-order valence-corrected chi connectivity index (χ4v) is 1.64. The first-order valence-corrected chi connectivity index (χ1v) is 5.85. The normalized spacial score (nSPS) is 10.4. The van der Waals surface area contributed by atoms with Gasteiger partial charge in [-0.05, 0) is 18.6 Å².